The van der Waals surface area contributed by atoms with E-state index in [0.29, 0.717) is 13.1 Å². The Bertz CT molecular complexity index is 402. The van der Waals surface area contributed by atoms with Crippen molar-refractivity contribution in [1.29, 1.82) is 0 Å². The third kappa shape index (κ3) is 4.71. The molecule has 1 saturated heterocycles. The van der Waals surface area contributed by atoms with Gasteiger partial charge in [-0.05, 0) is 20.8 Å². The molecular weight excluding hydrogens is 264 g/mol. The van der Waals surface area contributed by atoms with Crippen molar-refractivity contribution < 1.29 is 24.2 Å². The zero-order chi connectivity index (χ0) is 15.5. The third-order valence-corrected chi connectivity index (χ3v) is 2.95. The van der Waals surface area contributed by atoms with Crippen molar-refractivity contribution >= 4 is 18.0 Å². The summed E-state index contributed by atoms with van der Waals surface area (Å²) in [7, 11) is 0. The van der Waals surface area contributed by atoms with E-state index in [4.69, 9.17) is 9.84 Å². The molecule has 7 heteroatoms. The molecule has 1 rings (SSSR count). The molecule has 0 aliphatic carbocycles. The molecule has 1 heterocycles. The van der Waals surface area contributed by atoms with E-state index in [2.05, 4.69) is 0 Å². The standard InChI is InChI=1S/C13H22N2O5/c1-9(16)15-6-5-14(8-10(15)7-11(17)18)12(19)20-13(2,3)4/h10H,5-8H2,1-4H3,(H,17,18)/t10-/m0/s1. The van der Waals surface area contributed by atoms with Crippen molar-refractivity contribution in [2.45, 2.75) is 45.8 Å². The molecule has 1 atom stereocenters. The number of rotatable bonds is 2. The largest absolute Gasteiger partial charge is 0.481 e. The molecule has 1 fully saturated rings. The van der Waals surface area contributed by atoms with Gasteiger partial charge in [0.05, 0.1) is 12.5 Å². The van der Waals surface area contributed by atoms with Crippen molar-refractivity contribution in [3.05, 3.63) is 0 Å². The second-order valence-corrected chi connectivity index (χ2v) is 5.89. The Labute approximate surface area is 118 Å². The number of nitrogens with zero attached hydrogens (tertiary/aromatic N) is 2. The molecule has 0 radical (unpaired) electrons. The van der Waals surface area contributed by atoms with Crippen LogP contribution < -0.4 is 0 Å². The molecule has 20 heavy (non-hydrogen) atoms. The van der Waals surface area contributed by atoms with Crippen LogP contribution in [0.5, 0.6) is 0 Å². The topological polar surface area (TPSA) is 87.2 Å². The van der Waals surface area contributed by atoms with Crippen LogP contribution in [0.3, 0.4) is 0 Å². The summed E-state index contributed by atoms with van der Waals surface area (Å²) in [6, 6.07) is -0.508. The lowest BCUT2D eigenvalue weighted by molar-refractivity contribution is -0.142. The third-order valence-electron chi connectivity index (χ3n) is 2.95. The summed E-state index contributed by atoms with van der Waals surface area (Å²) in [6.45, 7) is 7.57. The lowest BCUT2D eigenvalue weighted by Crippen LogP contribution is -2.57. The Kier molecular flexibility index (Phi) is 4.97. The molecule has 1 aliphatic heterocycles. The number of aliphatic carboxylic acids is 1. The second-order valence-electron chi connectivity index (χ2n) is 5.89. The summed E-state index contributed by atoms with van der Waals surface area (Å²) >= 11 is 0. The Hall–Kier alpha value is -1.79. The van der Waals surface area contributed by atoms with E-state index < -0.39 is 23.7 Å². The smallest absolute Gasteiger partial charge is 0.410 e. The number of carboxylic acids is 1. The van der Waals surface area contributed by atoms with E-state index in [1.165, 1.54) is 16.7 Å². The molecule has 114 valence electrons. The van der Waals surface area contributed by atoms with E-state index in [-0.39, 0.29) is 18.9 Å². The molecule has 0 aromatic rings. The first-order chi connectivity index (χ1) is 9.10. The minimum atomic E-state index is -0.993. The van der Waals surface area contributed by atoms with Gasteiger partial charge in [-0.3, -0.25) is 9.59 Å². The molecule has 7 nitrogen and oxygen atoms in total. The molecule has 1 N–H and O–H groups in total. The number of piperazine rings is 1. The highest BCUT2D eigenvalue weighted by molar-refractivity contribution is 5.76. The van der Waals surface area contributed by atoms with Crippen molar-refractivity contribution in [3.8, 4) is 0 Å². The number of ether oxygens (including phenoxy) is 1. The Morgan fingerprint density at radius 1 is 1.25 bits per heavy atom. The number of amides is 2. The van der Waals surface area contributed by atoms with Crippen molar-refractivity contribution in [3.63, 3.8) is 0 Å². The van der Waals surface area contributed by atoms with E-state index in [9.17, 15) is 14.4 Å². The van der Waals surface area contributed by atoms with E-state index in [1.807, 2.05) is 0 Å². The molecule has 0 bridgehead atoms. The van der Waals surface area contributed by atoms with E-state index >= 15 is 0 Å². The van der Waals surface area contributed by atoms with Gasteiger partial charge in [0.2, 0.25) is 5.91 Å². The van der Waals surface area contributed by atoms with E-state index in [0.717, 1.165) is 0 Å². The summed E-state index contributed by atoms with van der Waals surface area (Å²) in [5, 5.41) is 8.90. The Morgan fingerprint density at radius 2 is 1.85 bits per heavy atom. The first kappa shape index (κ1) is 16.3. The van der Waals surface area contributed by atoms with Gasteiger partial charge >= 0.3 is 12.1 Å². The molecule has 1 aliphatic rings. The fourth-order valence-electron chi connectivity index (χ4n) is 2.14. The van der Waals surface area contributed by atoms with Crippen LogP contribution in [0.2, 0.25) is 0 Å². The Balaban J connectivity index is 2.73. The van der Waals surface area contributed by atoms with Gasteiger partial charge in [-0.1, -0.05) is 0 Å². The van der Waals surface area contributed by atoms with Gasteiger partial charge in [-0.25, -0.2) is 4.79 Å². The fraction of sp³-hybridized carbons (Fsp3) is 0.769. The number of carbonyl (C=O) groups excluding carboxylic acids is 2. The number of carboxylic acid groups (broad SMARTS) is 1. The van der Waals surface area contributed by atoms with Gasteiger partial charge in [0.25, 0.3) is 0 Å². The van der Waals surface area contributed by atoms with Gasteiger partial charge in [0.1, 0.15) is 5.60 Å². The number of carbonyl (C=O) groups is 3. The highest BCUT2D eigenvalue weighted by atomic mass is 16.6. The average molecular weight is 286 g/mol. The quantitative estimate of drug-likeness (QED) is 0.816. The van der Waals surface area contributed by atoms with Crippen LogP contribution in [0.1, 0.15) is 34.1 Å². The lowest BCUT2D eigenvalue weighted by atomic mass is 10.1. The predicted molar refractivity (Wildman–Crippen MR) is 71.2 cm³/mol. The fourth-order valence-corrected chi connectivity index (χ4v) is 2.14. The van der Waals surface area contributed by atoms with Crippen LogP contribution in [0.15, 0.2) is 0 Å². The minimum Gasteiger partial charge on any atom is -0.481 e. The molecule has 0 unspecified atom stereocenters. The van der Waals surface area contributed by atoms with Crippen LogP contribution in [-0.2, 0) is 14.3 Å². The predicted octanol–water partition coefficient (Wildman–Crippen LogP) is 0.929. The highest BCUT2D eigenvalue weighted by Gasteiger charge is 2.34. The summed E-state index contributed by atoms with van der Waals surface area (Å²) in [5.41, 5.74) is -0.600. The highest BCUT2D eigenvalue weighted by Crippen LogP contribution is 2.17. The molecule has 0 spiro atoms. The lowest BCUT2D eigenvalue weighted by Gasteiger charge is -2.40. The second kappa shape index (κ2) is 6.11. The molecular formula is C13H22N2O5. The maximum absolute atomic E-state index is 12.0. The zero-order valence-electron chi connectivity index (χ0n) is 12.4. The molecule has 0 aromatic carbocycles. The maximum Gasteiger partial charge on any atom is 0.410 e. The van der Waals surface area contributed by atoms with Crippen molar-refractivity contribution in [1.82, 2.24) is 9.80 Å². The SMILES string of the molecule is CC(=O)N1CCN(C(=O)OC(C)(C)C)C[C@@H]1CC(=O)O. The molecule has 0 saturated carbocycles. The van der Waals surface area contributed by atoms with Crippen LogP contribution in [0, 0.1) is 0 Å². The van der Waals surface area contributed by atoms with Crippen LogP contribution in [-0.4, -0.2) is 64.2 Å². The average Bonchev–Trinajstić information content (AvgIpc) is 2.25. The summed E-state index contributed by atoms with van der Waals surface area (Å²) in [5.74, 6) is -1.17. The normalized spacial score (nSPS) is 19.7. The van der Waals surface area contributed by atoms with Crippen LogP contribution >= 0.6 is 0 Å². The first-order valence-electron chi connectivity index (χ1n) is 6.57. The Morgan fingerprint density at radius 3 is 2.30 bits per heavy atom. The monoisotopic (exact) mass is 286 g/mol. The van der Waals surface area contributed by atoms with Gasteiger partial charge < -0.3 is 19.6 Å². The van der Waals surface area contributed by atoms with Gasteiger partial charge in [0, 0.05) is 26.6 Å². The summed E-state index contributed by atoms with van der Waals surface area (Å²) in [6.07, 6.45) is -0.658. The van der Waals surface area contributed by atoms with Gasteiger partial charge in [0.15, 0.2) is 0 Å². The van der Waals surface area contributed by atoms with Crippen LogP contribution in [0.4, 0.5) is 4.79 Å². The molecule has 0 aromatic heterocycles. The van der Waals surface area contributed by atoms with Gasteiger partial charge in [-0.15, -0.1) is 0 Å². The number of hydrogen-bond acceptors (Lipinski definition) is 4. The van der Waals surface area contributed by atoms with E-state index in [1.54, 1.807) is 20.8 Å². The van der Waals surface area contributed by atoms with Crippen molar-refractivity contribution in [2.75, 3.05) is 19.6 Å². The number of hydrogen-bond donors (Lipinski definition) is 1. The minimum absolute atomic E-state index is 0.180. The van der Waals surface area contributed by atoms with Crippen LogP contribution in [0.25, 0.3) is 0 Å². The zero-order valence-corrected chi connectivity index (χ0v) is 12.4. The summed E-state index contributed by atoms with van der Waals surface area (Å²) < 4.78 is 5.26. The molecule has 2 amide bonds. The first-order valence-corrected chi connectivity index (χ1v) is 6.57. The summed E-state index contributed by atoms with van der Waals surface area (Å²) in [4.78, 5) is 37.3. The van der Waals surface area contributed by atoms with Crippen molar-refractivity contribution in [2.24, 2.45) is 0 Å². The van der Waals surface area contributed by atoms with Gasteiger partial charge in [-0.2, -0.15) is 0 Å². The maximum atomic E-state index is 12.0.